The molecule has 0 radical (unpaired) electrons. The molecule has 2 aromatic carbocycles. The van der Waals surface area contributed by atoms with E-state index < -0.39 is 0 Å². The second-order valence-electron chi connectivity index (χ2n) is 7.16. The van der Waals surface area contributed by atoms with Gasteiger partial charge in [0.2, 0.25) is 5.91 Å². The lowest BCUT2D eigenvalue weighted by molar-refractivity contribution is -0.116. The van der Waals surface area contributed by atoms with Crippen molar-refractivity contribution in [3.8, 4) is 0 Å². The van der Waals surface area contributed by atoms with E-state index in [1.54, 1.807) is 6.08 Å². The van der Waals surface area contributed by atoms with Gasteiger partial charge in [-0.1, -0.05) is 56.3 Å². The fraction of sp³-hybridized carbons (Fsp3) is 0.304. The van der Waals surface area contributed by atoms with Crippen LogP contribution in [0.25, 0.3) is 17.1 Å². The number of fused-ring (bicyclic) bond motifs is 1. The largest absolute Gasteiger partial charge is 0.353 e. The third kappa shape index (κ3) is 5.30. The Morgan fingerprint density at radius 1 is 1.11 bits per heavy atom. The highest BCUT2D eigenvalue weighted by Crippen LogP contribution is 2.18. The van der Waals surface area contributed by atoms with E-state index in [9.17, 15) is 4.79 Å². The molecule has 0 unspecified atom stereocenters. The molecule has 0 fully saturated rings. The van der Waals surface area contributed by atoms with Crippen LogP contribution in [0.3, 0.4) is 0 Å². The van der Waals surface area contributed by atoms with E-state index in [0.717, 1.165) is 36.3 Å². The molecule has 140 valence electrons. The predicted octanol–water partition coefficient (Wildman–Crippen LogP) is 4.45. The maximum atomic E-state index is 12.0. The van der Waals surface area contributed by atoms with Gasteiger partial charge in [-0.15, -0.1) is 0 Å². The average Bonchev–Trinajstić information content (AvgIpc) is 3.01. The Hall–Kier alpha value is -2.88. The summed E-state index contributed by atoms with van der Waals surface area (Å²) in [6, 6.07) is 18.1. The van der Waals surface area contributed by atoms with Crippen LogP contribution in [0.4, 0.5) is 0 Å². The summed E-state index contributed by atoms with van der Waals surface area (Å²) in [5.41, 5.74) is 3.26. The maximum absolute atomic E-state index is 12.0. The molecular weight excluding hydrogens is 334 g/mol. The third-order valence-corrected chi connectivity index (χ3v) is 4.38. The van der Waals surface area contributed by atoms with Gasteiger partial charge in [0.05, 0.1) is 11.0 Å². The first kappa shape index (κ1) is 18.9. The van der Waals surface area contributed by atoms with Crippen molar-refractivity contribution < 1.29 is 4.79 Å². The molecule has 0 spiro atoms. The summed E-state index contributed by atoms with van der Waals surface area (Å²) in [5, 5.41) is 2.95. The molecular formula is C23H27N3O. The van der Waals surface area contributed by atoms with Crippen LogP contribution in [-0.2, 0) is 17.8 Å². The molecule has 0 aliphatic carbocycles. The quantitative estimate of drug-likeness (QED) is 0.476. The second kappa shape index (κ2) is 9.17. The molecule has 0 atom stereocenters. The Bertz CT molecular complexity index is 910. The fourth-order valence-electron chi connectivity index (χ4n) is 3.14. The van der Waals surface area contributed by atoms with Crippen molar-refractivity contribution in [2.24, 2.45) is 5.92 Å². The van der Waals surface area contributed by atoms with Crippen molar-refractivity contribution in [1.82, 2.24) is 14.9 Å². The number of aryl methyl sites for hydroxylation is 1. The average molecular weight is 361 g/mol. The molecule has 3 rings (SSSR count). The van der Waals surface area contributed by atoms with Crippen LogP contribution >= 0.6 is 0 Å². The molecule has 1 N–H and O–H groups in total. The highest BCUT2D eigenvalue weighted by molar-refractivity contribution is 5.91. The zero-order valence-corrected chi connectivity index (χ0v) is 16.1. The highest BCUT2D eigenvalue weighted by Gasteiger charge is 2.11. The normalized spacial score (nSPS) is 11.5. The Morgan fingerprint density at radius 2 is 1.85 bits per heavy atom. The number of nitrogens with one attached hydrogen (secondary N) is 1. The van der Waals surface area contributed by atoms with Gasteiger partial charge in [-0.25, -0.2) is 4.98 Å². The lowest BCUT2D eigenvalue weighted by Gasteiger charge is -2.11. The SMILES string of the molecule is CC(C)Cn1c(CCCNC(=O)/C=C/c2ccccc2)nc2ccccc21. The van der Waals surface area contributed by atoms with Crippen molar-refractivity contribution in [3.05, 3.63) is 72.1 Å². The van der Waals surface area contributed by atoms with Crippen LogP contribution in [-0.4, -0.2) is 22.0 Å². The summed E-state index contributed by atoms with van der Waals surface area (Å²) in [7, 11) is 0. The van der Waals surface area contributed by atoms with Crippen LogP contribution in [0.5, 0.6) is 0 Å². The Balaban J connectivity index is 1.54. The number of benzene rings is 2. The van der Waals surface area contributed by atoms with E-state index in [2.05, 4.69) is 41.9 Å². The van der Waals surface area contributed by atoms with Gasteiger partial charge in [-0.05, 0) is 36.1 Å². The van der Waals surface area contributed by atoms with Crippen molar-refractivity contribution in [3.63, 3.8) is 0 Å². The van der Waals surface area contributed by atoms with E-state index in [1.165, 1.54) is 5.52 Å². The highest BCUT2D eigenvalue weighted by atomic mass is 16.1. The number of nitrogens with zero attached hydrogens (tertiary/aromatic N) is 2. The third-order valence-electron chi connectivity index (χ3n) is 4.38. The second-order valence-corrected chi connectivity index (χ2v) is 7.16. The van der Waals surface area contributed by atoms with Crippen LogP contribution in [0.1, 0.15) is 31.7 Å². The van der Waals surface area contributed by atoms with Crippen LogP contribution in [0, 0.1) is 5.92 Å². The van der Waals surface area contributed by atoms with E-state index in [4.69, 9.17) is 4.98 Å². The summed E-state index contributed by atoms with van der Waals surface area (Å²) < 4.78 is 2.32. The monoisotopic (exact) mass is 361 g/mol. The molecule has 4 heteroatoms. The number of para-hydroxylation sites is 2. The molecule has 0 aliphatic rings. The van der Waals surface area contributed by atoms with Gasteiger partial charge < -0.3 is 9.88 Å². The van der Waals surface area contributed by atoms with Crippen molar-refractivity contribution in [2.75, 3.05) is 6.54 Å². The van der Waals surface area contributed by atoms with E-state index in [1.807, 2.05) is 42.5 Å². The Kier molecular flexibility index (Phi) is 6.42. The molecule has 0 bridgehead atoms. The zero-order chi connectivity index (χ0) is 19.1. The number of aromatic nitrogens is 2. The number of amides is 1. The van der Waals surface area contributed by atoms with Gasteiger partial charge in [0.15, 0.2) is 0 Å². The van der Waals surface area contributed by atoms with E-state index >= 15 is 0 Å². The summed E-state index contributed by atoms with van der Waals surface area (Å²) in [6.07, 6.45) is 5.14. The molecule has 27 heavy (non-hydrogen) atoms. The minimum atomic E-state index is -0.0606. The first-order chi connectivity index (χ1) is 13.1. The number of hydrogen-bond acceptors (Lipinski definition) is 2. The van der Waals surface area contributed by atoms with Crippen LogP contribution < -0.4 is 5.32 Å². The topological polar surface area (TPSA) is 46.9 Å². The fourth-order valence-corrected chi connectivity index (χ4v) is 3.14. The summed E-state index contributed by atoms with van der Waals surface area (Å²) in [5.74, 6) is 1.60. The Morgan fingerprint density at radius 3 is 2.63 bits per heavy atom. The van der Waals surface area contributed by atoms with Crippen LogP contribution in [0.15, 0.2) is 60.7 Å². The molecule has 1 amide bonds. The van der Waals surface area contributed by atoms with Gasteiger partial charge in [-0.2, -0.15) is 0 Å². The van der Waals surface area contributed by atoms with Gasteiger partial charge in [0.25, 0.3) is 0 Å². The maximum Gasteiger partial charge on any atom is 0.243 e. The summed E-state index contributed by atoms with van der Waals surface area (Å²) in [4.78, 5) is 16.8. The molecule has 3 aromatic rings. The number of imidazole rings is 1. The first-order valence-corrected chi connectivity index (χ1v) is 9.58. The predicted molar refractivity (Wildman–Crippen MR) is 111 cm³/mol. The van der Waals surface area contributed by atoms with E-state index in [0.29, 0.717) is 12.5 Å². The van der Waals surface area contributed by atoms with Crippen LogP contribution in [0.2, 0.25) is 0 Å². The molecule has 4 nitrogen and oxygen atoms in total. The number of carbonyl (C=O) groups is 1. The molecule has 0 aliphatic heterocycles. The number of hydrogen-bond donors (Lipinski definition) is 1. The molecule has 1 aromatic heterocycles. The minimum absolute atomic E-state index is 0.0606. The van der Waals surface area contributed by atoms with Crippen molar-refractivity contribution in [2.45, 2.75) is 33.2 Å². The van der Waals surface area contributed by atoms with Gasteiger partial charge in [0.1, 0.15) is 5.82 Å². The number of carbonyl (C=O) groups excluding carboxylic acids is 1. The smallest absolute Gasteiger partial charge is 0.243 e. The lowest BCUT2D eigenvalue weighted by Crippen LogP contribution is -2.22. The van der Waals surface area contributed by atoms with Gasteiger partial charge in [-0.3, -0.25) is 4.79 Å². The summed E-state index contributed by atoms with van der Waals surface area (Å²) in [6.45, 7) is 6.04. The van der Waals surface area contributed by atoms with E-state index in [-0.39, 0.29) is 5.91 Å². The molecule has 1 heterocycles. The first-order valence-electron chi connectivity index (χ1n) is 9.58. The zero-order valence-electron chi connectivity index (χ0n) is 16.1. The summed E-state index contributed by atoms with van der Waals surface area (Å²) >= 11 is 0. The van der Waals surface area contributed by atoms with Crippen molar-refractivity contribution in [1.29, 1.82) is 0 Å². The molecule has 0 saturated heterocycles. The minimum Gasteiger partial charge on any atom is -0.353 e. The molecule has 0 saturated carbocycles. The number of rotatable bonds is 8. The standard InChI is InChI=1S/C23H27N3O/c1-18(2)17-26-21-12-7-6-11-20(21)25-22(26)13-8-16-24-23(27)15-14-19-9-4-3-5-10-19/h3-7,9-12,14-15,18H,8,13,16-17H2,1-2H3,(H,24,27)/b15-14+. The van der Waals surface area contributed by atoms with Gasteiger partial charge in [0, 0.05) is 25.6 Å². The van der Waals surface area contributed by atoms with Crippen molar-refractivity contribution >= 4 is 23.0 Å². The lowest BCUT2D eigenvalue weighted by atomic mass is 10.2. The Labute approximate surface area is 160 Å². The van der Waals surface area contributed by atoms with Gasteiger partial charge >= 0.3 is 0 Å².